The highest BCUT2D eigenvalue weighted by Gasteiger charge is 2.27. The molecule has 1 heterocycles. The van der Waals surface area contributed by atoms with Crippen LogP contribution in [0.2, 0.25) is 0 Å². The Bertz CT molecular complexity index is 1120. The van der Waals surface area contributed by atoms with Gasteiger partial charge in [0.25, 0.3) is 11.8 Å². The van der Waals surface area contributed by atoms with Gasteiger partial charge >= 0.3 is 5.97 Å². The van der Waals surface area contributed by atoms with E-state index in [2.05, 4.69) is 23.6 Å². The zero-order chi connectivity index (χ0) is 26.1. The maximum absolute atomic E-state index is 12.5. The lowest BCUT2D eigenvalue weighted by Crippen LogP contribution is -2.32. The number of esters is 1. The van der Waals surface area contributed by atoms with Gasteiger partial charge in [-0.3, -0.25) is 14.4 Å². The number of nitrogens with zero attached hydrogens (tertiary/aromatic N) is 2. The molecule has 2 N–H and O–H groups in total. The number of hydrogen-bond donors (Lipinski definition) is 2. The number of carbonyl (C=O) groups excluding carboxylic acids is 3. The van der Waals surface area contributed by atoms with Crippen LogP contribution >= 0.6 is 0 Å². The largest absolute Gasteiger partial charge is 0.494 e. The number of rotatable bonds is 11. The van der Waals surface area contributed by atoms with Crippen molar-refractivity contribution in [1.82, 2.24) is 9.88 Å². The van der Waals surface area contributed by atoms with E-state index in [4.69, 9.17) is 9.47 Å². The molecule has 36 heavy (non-hydrogen) atoms. The zero-order valence-corrected chi connectivity index (χ0v) is 21.2. The highest BCUT2D eigenvalue weighted by atomic mass is 16.5. The summed E-state index contributed by atoms with van der Waals surface area (Å²) >= 11 is 0. The molecular weight excluding hydrogens is 460 g/mol. The molecule has 9 nitrogen and oxygen atoms in total. The topological polar surface area (TPSA) is 122 Å². The lowest BCUT2D eigenvalue weighted by atomic mass is 10.2. The van der Waals surface area contributed by atoms with Crippen LogP contribution in [0.25, 0.3) is 0 Å². The molecule has 0 radical (unpaired) electrons. The molecule has 1 aromatic heterocycles. The average molecular weight is 495 g/mol. The Hall–Kier alpha value is -3.80. The number of nitriles is 1. The molecule has 1 aliphatic carbocycles. The van der Waals surface area contributed by atoms with Gasteiger partial charge in [0.15, 0.2) is 6.61 Å². The number of benzene rings is 1. The van der Waals surface area contributed by atoms with Gasteiger partial charge in [-0.2, -0.15) is 5.26 Å². The van der Waals surface area contributed by atoms with Crippen molar-refractivity contribution in [1.29, 1.82) is 5.26 Å². The first-order valence-corrected chi connectivity index (χ1v) is 12.4. The second-order valence-electron chi connectivity index (χ2n) is 8.97. The molecule has 1 aromatic carbocycles. The van der Waals surface area contributed by atoms with E-state index in [1.165, 1.54) is 0 Å². The van der Waals surface area contributed by atoms with Gasteiger partial charge in [-0.15, -0.1) is 0 Å². The monoisotopic (exact) mass is 494 g/mol. The third-order valence-corrected chi connectivity index (χ3v) is 6.46. The highest BCUT2D eigenvalue weighted by Crippen LogP contribution is 2.37. The van der Waals surface area contributed by atoms with E-state index >= 15 is 0 Å². The Kier molecular flexibility index (Phi) is 9.51. The molecule has 192 valence electrons. The summed E-state index contributed by atoms with van der Waals surface area (Å²) in [6, 6.07) is 9.05. The van der Waals surface area contributed by atoms with Crippen LogP contribution < -0.4 is 15.4 Å². The van der Waals surface area contributed by atoms with Crippen molar-refractivity contribution in [2.75, 3.05) is 25.1 Å². The predicted octanol–water partition coefficient (Wildman–Crippen LogP) is 4.18. The van der Waals surface area contributed by atoms with Crippen molar-refractivity contribution in [3.63, 3.8) is 0 Å². The van der Waals surface area contributed by atoms with Crippen molar-refractivity contribution >= 4 is 23.6 Å². The van der Waals surface area contributed by atoms with Gasteiger partial charge in [-0.05, 0) is 62.9 Å². The molecule has 0 spiro atoms. The minimum atomic E-state index is -0.739. The number of nitrogens with one attached hydrogen (secondary N) is 2. The fourth-order valence-electron chi connectivity index (χ4n) is 4.36. The van der Waals surface area contributed by atoms with Gasteiger partial charge in [0, 0.05) is 17.3 Å². The van der Waals surface area contributed by atoms with E-state index in [1.807, 2.05) is 18.4 Å². The van der Waals surface area contributed by atoms with Crippen molar-refractivity contribution in [3.8, 4) is 11.8 Å². The lowest BCUT2D eigenvalue weighted by Gasteiger charge is -2.19. The lowest BCUT2D eigenvalue weighted by molar-refractivity contribution is -0.146. The van der Waals surface area contributed by atoms with Crippen molar-refractivity contribution < 1.29 is 23.9 Å². The van der Waals surface area contributed by atoms with Crippen LogP contribution in [-0.2, 0) is 14.3 Å². The average Bonchev–Trinajstić information content (AvgIpc) is 3.48. The third kappa shape index (κ3) is 6.66. The Morgan fingerprint density at radius 3 is 2.47 bits per heavy atom. The fraction of sp³-hybridized carbons (Fsp3) is 0.481. The second kappa shape index (κ2) is 12.8. The number of hydrogen-bond acceptors (Lipinski definition) is 6. The number of aromatic nitrogens is 1. The van der Waals surface area contributed by atoms with Crippen LogP contribution in [0.3, 0.4) is 0 Å². The number of unbranched alkanes of at least 4 members (excludes halogenated alkanes) is 1. The van der Waals surface area contributed by atoms with E-state index in [9.17, 15) is 19.6 Å². The van der Waals surface area contributed by atoms with Crippen LogP contribution in [0.4, 0.5) is 5.82 Å². The summed E-state index contributed by atoms with van der Waals surface area (Å²) in [5.41, 5.74) is 2.59. The fourth-order valence-corrected chi connectivity index (χ4v) is 4.36. The highest BCUT2D eigenvalue weighted by molar-refractivity contribution is 5.97. The number of carbonyl (C=O) groups is 3. The SMILES string of the molecule is CCCCOc1ccc(C(=O)NCC(=O)OCC(=O)Nc2c(C#N)c(C)c(C)n2C2CCCC2)cc1. The van der Waals surface area contributed by atoms with Crippen molar-refractivity contribution in [3.05, 3.63) is 46.6 Å². The minimum Gasteiger partial charge on any atom is -0.494 e. The predicted molar refractivity (Wildman–Crippen MR) is 135 cm³/mol. The van der Waals surface area contributed by atoms with Gasteiger partial charge in [0.2, 0.25) is 0 Å². The standard InChI is InChI=1S/C27H34N4O5/c1-4-5-14-35-22-12-10-20(11-13-22)27(34)29-16-25(33)36-17-24(32)30-26-23(15-28)18(2)19(3)31(26)21-8-6-7-9-21/h10-13,21H,4-9,14,16-17H2,1-3H3,(H,29,34)(H,30,32). The first-order valence-electron chi connectivity index (χ1n) is 12.4. The molecule has 0 saturated heterocycles. The molecule has 1 fully saturated rings. The summed E-state index contributed by atoms with van der Waals surface area (Å²) in [5.74, 6) is -0.584. The summed E-state index contributed by atoms with van der Waals surface area (Å²) in [4.78, 5) is 36.9. The Balaban J connectivity index is 1.49. The molecule has 0 atom stereocenters. The Morgan fingerprint density at radius 1 is 1.14 bits per heavy atom. The van der Waals surface area contributed by atoms with E-state index in [1.54, 1.807) is 24.3 Å². The zero-order valence-electron chi connectivity index (χ0n) is 21.2. The molecule has 2 amide bonds. The first-order chi connectivity index (χ1) is 17.3. The second-order valence-corrected chi connectivity index (χ2v) is 8.97. The summed E-state index contributed by atoms with van der Waals surface area (Å²) in [6.45, 7) is 5.61. The van der Waals surface area contributed by atoms with Gasteiger partial charge in [0.1, 0.15) is 24.2 Å². The van der Waals surface area contributed by atoms with Gasteiger partial charge in [-0.25, -0.2) is 0 Å². The number of ether oxygens (including phenoxy) is 2. The minimum absolute atomic E-state index is 0.232. The van der Waals surface area contributed by atoms with E-state index in [0.29, 0.717) is 29.3 Å². The Morgan fingerprint density at radius 2 is 1.83 bits per heavy atom. The maximum atomic E-state index is 12.5. The van der Waals surface area contributed by atoms with Gasteiger partial charge in [0.05, 0.1) is 12.2 Å². The summed E-state index contributed by atoms with van der Waals surface area (Å²) in [7, 11) is 0. The molecule has 1 saturated carbocycles. The maximum Gasteiger partial charge on any atom is 0.325 e. The molecule has 0 aliphatic heterocycles. The van der Waals surface area contributed by atoms with E-state index in [0.717, 1.165) is 49.8 Å². The Labute approximate surface area is 211 Å². The summed E-state index contributed by atoms with van der Waals surface area (Å²) in [6.07, 6.45) is 6.19. The van der Waals surface area contributed by atoms with Crippen LogP contribution in [-0.4, -0.2) is 42.1 Å². The van der Waals surface area contributed by atoms with Crippen LogP contribution in [0.15, 0.2) is 24.3 Å². The van der Waals surface area contributed by atoms with Gasteiger partial charge in [-0.1, -0.05) is 26.2 Å². The molecule has 3 rings (SSSR count). The van der Waals surface area contributed by atoms with Crippen LogP contribution in [0, 0.1) is 25.2 Å². The quantitative estimate of drug-likeness (QED) is 0.357. The van der Waals surface area contributed by atoms with Crippen LogP contribution in [0.1, 0.15) is 78.7 Å². The normalized spacial score (nSPS) is 13.2. The summed E-state index contributed by atoms with van der Waals surface area (Å²) < 4.78 is 12.6. The van der Waals surface area contributed by atoms with E-state index in [-0.39, 0.29) is 12.6 Å². The first kappa shape index (κ1) is 26.8. The molecule has 9 heteroatoms. The van der Waals surface area contributed by atoms with Gasteiger partial charge < -0.3 is 24.7 Å². The molecule has 0 unspecified atom stereocenters. The smallest absolute Gasteiger partial charge is 0.325 e. The van der Waals surface area contributed by atoms with Crippen molar-refractivity contribution in [2.45, 2.75) is 65.3 Å². The summed E-state index contributed by atoms with van der Waals surface area (Å²) in [5, 5.41) is 14.9. The number of anilines is 1. The van der Waals surface area contributed by atoms with Crippen molar-refractivity contribution in [2.24, 2.45) is 0 Å². The molecule has 1 aliphatic rings. The third-order valence-electron chi connectivity index (χ3n) is 6.46. The van der Waals surface area contributed by atoms with E-state index < -0.39 is 24.4 Å². The number of amides is 2. The molecule has 0 bridgehead atoms. The van der Waals surface area contributed by atoms with Crippen LogP contribution in [0.5, 0.6) is 5.75 Å². The molecular formula is C27H34N4O5. The molecule has 2 aromatic rings.